The van der Waals surface area contributed by atoms with Crippen LogP contribution < -0.4 is 5.73 Å². The Balaban J connectivity index is 3.08. The van der Waals surface area contributed by atoms with E-state index in [9.17, 15) is 0 Å². The van der Waals surface area contributed by atoms with Gasteiger partial charge >= 0.3 is 0 Å². The van der Waals surface area contributed by atoms with Crippen LogP contribution in [0.15, 0.2) is 12.2 Å². The number of rotatable bonds is 2. The third-order valence-electron chi connectivity index (χ3n) is 0.657. The van der Waals surface area contributed by atoms with Crippen molar-refractivity contribution in [1.29, 1.82) is 0 Å². The summed E-state index contributed by atoms with van der Waals surface area (Å²) in [5, 5.41) is 0. The molecule has 0 unspecified atom stereocenters. The van der Waals surface area contributed by atoms with Crippen LogP contribution in [-0.2, 0) is 0 Å². The van der Waals surface area contributed by atoms with Gasteiger partial charge in [0.1, 0.15) is 0 Å². The first kappa shape index (κ1) is 6.70. The lowest BCUT2D eigenvalue weighted by atomic mass is 10.2. The fourth-order valence-corrected chi connectivity index (χ4v) is 0.351. The van der Waals surface area contributed by atoms with Crippen molar-refractivity contribution in [2.45, 2.75) is 13.8 Å². The Bertz CT molecular complexity index is 55.2. The van der Waals surface area contributed by atoms with Gasteiger partial charge in [0.05, 0.1) is 0 Å². The third kappa shape index (κ3) is 5.70. The molecule has 0 saturated heterocycles. The fourth-order valence-electron chi connectivity index (χ4n) is 0.351. The zero-order valence-corrected chi connectivity index (χ0v) is 5.02. The molecule has 0 radical (unpaired) electrons. The van der Waals surface area contributed by atoms with Crippen LogP contribution in [0.25, 0.3) is 0 Å². The molecule has 0 aliphatic carbocycles. The maximum Gasteiger partial charge on any atom is 0.0106 e. The molecule has 0 saturated carbocycles. The van der Waals surface area contributed by atoms with E-state index in [4.69, 9.17) is 5.73 Å². The first-order valence-electron chi connectivity index (χ1n) is 2.64. The highest BCUT2D eigenvalue weighted by Gasteiger charge is 1.78. The molecule has 42 valence electrons. The Morgan fingerprint density at radius 3 is 2.29 bits per heavy atom. The summed E-state index contributed by atoms with van der Waals surface area (Å²) in [7, 11) is 0. The molecule has 0 amide bonds. The summed E-state index contributed by atoms with van der Waals surface area (Å²) in [5.74, 6) is 0.642. The molecule has 0 heterocycles. The average molecular weight is 99.2 g/mol. The van der Waals surface area contributed by atoms with Crippen molar-refractivity contribution in [3.63, 3.8) is 0 Å². The fraction of sp³-hybridized carbons (Fsp3) is 0.667. The molecular weight excluding hydrogens is 86.1 g/mol. The molecule has 0 aromatic rings. The molecule has 0 rings (SSSR count). The molecule has 0 aliphatic heterocycles. The third-order valence-corrected chi connectivity index (χ3v) is 0.657. The molecule has 1 nitrogen and oxygen atoms in total. The van der Waals surface area contributed by atoms with Crippen LogP contribution in [0.4, 0.5) is 0 Å². The van der Waals surface area contributed by atoms with Crippen molar-refractivity contribution < 1.29 is 0 Å². The van der Waals surface area contributed by atoms with Crippen LogP contribution in [0.2, 0.25) is 0 Å². The standard InChI is InChI=1S/C6H13N/c1-6(2)4-3-5-7/h3-4,6H,5,7H2,1-2H3. The summed E-state index contributed by atoms with van der Waals surface area (Å²) in [6, 6.07) is 0. The van der Waals surface area contributed by atoms with E-state index in [0.717, 1.165) is 0 Å². The molecule has 0 fully saturated rings. The van der Waals surface area contributed by atoms with E-state index in [-0.39, 0.29) is 0 Å². The van der Waals surface area contributed by atoms with E-state index in [1.54, 1.807) is 0 Å². The molecule has 7 heavy (non-hydrogen) atoms. The topological polar surface area (TPSA) is 26.0 Å². The lowest BCUT2D eigenvalue weighted by molar-refractivity contribution is 0.828. The lowest BCUT2D eigenvalue weighted by Crippen LogP contribution is -1.93. The number of nitrogens with two attached hydrogens (primary N) is 1. The quantitative estimate of drug-likeness (QED) is 0.516. The van der Waals surface area contributed by atoms with E-state index >= 15 is 0 Å². The SMILES string of the molecule is CC(C)C=CCN. The van der Waals surface area contributed by atoms with Crippen molar-refractivity contribution in [3.05, 3.63) is 12.2 Å². The van der Waals surface area contributed by atoms with E-state index in [2.05, 4.69) is 19.9 Å². The molecule has 0 atom stereocenters. The van der Waals surface area contributed by atoms with Gasteiger partial charge in [0.2, 0.25) is 0 Å². The van der Waals surface area contributed by atoms with Crippen molar-refractivity contribution >= 4 is 0 Å². The molecule has 0 bridgehead atoms. The first-order valence-corrected chi connectivity index (χ1v) is 2.64. The Labute approximate surface area is 45.2 Å². The molecule has 2 N–H and O–H groups in total. The van der Waals surface area contributed by atoms with Gasteiger partial charge in [0.25, 0.3) is 0 Å². The van der Waals surface area contributed by atoms with Gasteiger partial charge in [-0.2, -0.15) is 0 Å². The Kier molecular flexibility index (Phi) is 3.71. The molecule has 0 aliphatic rings. The van der Waals surface area contributed by atoms with Gasteiger partial charge in [-0.15, -0.1) is 0 Å². The normalized spacial score (nSPS) is 11.4. The van der Waals surface area contributed by atoms with Crippen LogP contribution >= 0.6 is 0 Å². The highest BCUT2D eigenvalue weighted by molar-refractivity contribution is 4.84. The van der Waals surface area contributed by atoms with E-state index in [0.29, 0.717) is 12.5 Å². The number of hydrogen-bond donors (Lipinski definition) is 1. The summed E-state index contributed by atoms with van der Waals surface area (Å²) < 4.78 is 0. The Morgan fingerprint density at radius 1 is 1.57 bits per heavy atom. The van der Waals surface area contributed by atoms with Crippen molar-refractivity contribution in [2.24, 2.45) is 11.7 Å². The lowest BCUT2D eigenvalue weighted by Gasteiger charge is -1.89. The highest BCUT2D eigenvalue weighted by atomic mass is 14.5. The van der Waals surface area contributed by atoms with Crippen molar-refractivity contribution in [1.82, 2.24) is 0 Å². The van der Waals surface area contributed by atoms with Gasteiger partial charge in [-0.25, -0.2) is 0 Å². The van der Waals surface area contributed by atoms with Gasteiger partial charge in [-0.1, -0.05) is 26.0 Å². The van der Waals surface area contributed by atoms with Crippen molar-refractivity contribution in [2.75, 3.05) is 6.54 Å². The van der Waals surface area contributed by atoms with E-state index < -0.39 is 0 Å². The average Bonchev–Trinajstić information content (AvgIpc) is 1.61. The highest BCUT2D eigenvalue weighted by Crippen LogP contribution is 1.90. The number of hydrogen-bond acceptors (Lipinski definition) is 1. The second-order valence-electron chi connectivity index (χ2n) is 1.91. The second-order valence-corrected chi connectivity index (χ2v) is 1.91. The second kappa shape index (κ2) is 3.88. The zero-order valence-electron chi connectivity index (χ0n) is 5.02. The largest absolute Gasteiger partial charge is 0.327 e. The summed E-state index contributed by atoms with van der Waals surface area (Å²) >= 11 is 0. The monoisotopic (exact) mass is 99.1 g/mol. The van der Waals surface area contributed by atoms with Gasteiger partial charge in [-0.3, -0.25) is 0 Å². The van der Waals surface area contributed by atoms with Crippen molar-refractivity contribution in [3.8, 4) is 0 Å². The molecule has 0 aromatic heterocycles. The maximum atomic E-state index is 5.19. The van der Waals surface area contributed by atoms with E-state index in [1.807, 2.05) is 6.08 Å². The minimum atomic E-state index is 0.642. The van der Waals surface area contributed by atoms with Gasteiger partial charge in [0.15, 0.2) is 0 Å². The predicted octanol–water partition coefficient (Wildman–Crippen LogP) is 1.16. The summed E-state index contributed by atoms with van der Waals surface area (Å²) in [6.45, 7) is 4.93. The summed E-state index contributed by atoms with van der Waals surface area (Å²) in [4.78, 5) is 0. The molecule has 1 heteroatoms. The Morgan fingerprint density at radius 2 is 2.14 bits per heavy atom. The van der Waals surface area contributed by atoms with Crippen LogP contribution in [-0.4, -0.2) is 6.54 Å². The summed E-state index contributed by atoms with van der Waals surface area (Å²) in [6.07, 6.45) is 4.07. The first-order chi connectivity index (χ1) is 3.27. The zero-order chi connectivity index (χ0) is 5.70. The van der Waals surface area contributed by atoms with Crippen LogP contribution in [0.5, 0.6) is 0 Å². The predicted molar refractivity (Wildman–Crippen MR) is 33.0 cm³/mol. The van der Waals surface area contributed by atoms with Crippen LogP contribution in [0, 0.1) is 5.92 Å². The van der Waals surface area contributed by atoms with Gasteiger partial charge < -0.3 is 5.73 Å². The summed E-state index contributed by atoms with van der Waals surface area (Å²) in [5.41, 5.74) is 5.19. The smallest absolute Gasteiger partial charge is 0.0106 e. The minimum absolute atomic E-state index is 0.642. The Hall–Kier alpha value is -0.300. The van der Waals surface area contributed by atoms with Crippen LogP contribution in [0.3, 0.4) is 0 Å². The maximum absolute atomic E-state index is 5.19. The molecule has 0 aromatic carbocycles. The van der Waals surface area contributed by atoms with Gasteiger partial charge in [0, 0.05) is 6.54 Å². The minimum Gasteiger partial charge on any atom is -0.327 e. The van der Waals surface area contributed by atoms with E-state index in [1.165, 1.54) is 0 Å². The molecular formula is C6H13N. The number of allylic oxidation sites excluding steroid dienone is 1. The van der Waals surface area contributed by atoms with Crippen LogP contribution in [0.1, 0.15) is 13.8 Å². The molecule has 0 spiro atoms. The van der Waals surface area contributed by atoms with Gasteiger partial charge in [-0.05, 0) is 5.92 Å².